The molecule has 26 heavy (non-hydrogen) atoms. The number of hydrogen-bond acceptors (Lipinski definition) is 4. The number of rotatable bonds is 3. The molecule has 4 rings (SSSR count). The Hall–Kier alpha value is -2.87. The fraction of sp³-hybridized carbons (Fsp3) is 0.381. The summed E-state index contributed by atoms with van der Waals surface area (Å²) in [5.41, 5.74) is 3.34. The summed E-state index contributed by atoms with van der Waals surface area (Å²) in [6.45, 7) is 2.82. The Bertz CT molecular complexity index is 849. The summed E-state index contributed by atoms with van der Waals surface area (Å²) in [7, 11) is 0. The molecule has 2 aliphatic rings. The molecule has 2 aromatic rings. The lowest BCUT2D eigenvalue weighted by Crippen LogP contribution is -2.49. The summed E-state index contributed by atoms with van der Waals surface area (Å²) in [5.74, 6) is 1.33. The van der Waals surface area contributed by atoms with Gasteiger partial charge in [0, 0.05) is 38.8 Å². The smallest absolute Gasteiger partial charge is 0.223 e. The Balaban J connectivity index is 1.37. The van der Waals surface area contributed by atoms with Crippen LogP contribution in [0.1, 0.15) is 35.4 Å². The first-order valence-electron chi connectivity index (χ1n) is 9.22. The van der Waals surface area contributed by atoms with Gasteiger partial charge in [-0.25, -0.2) is 4.98 Å². The Morgan fingerprint density at radius 1 is 1.15 bits per heavy atom. The molecule has 1 saturated heterocycles. The van der Waals surface area contributed by atoms with Crippen molar-refractivity contribution in [2.45, 2.75) is 25.2 Å². The van der Waals surface area contributed by atoms with Gasteiger partial charge < -0.3 is 9.80 Å². The van der Waals surface area contributed by atoms with Crippen LogP contribution >= 0.6 is 0 Å². The minimum absolute atomic E-state index is 0.243. The molecule has 1 aliphatic heterocycles. The number of amides is 1. The van der Waals surface area contributed by atoms with E-state index in [-0.39, 0.29) is 5.91 Å². The van der Waals surface area contributed by atoms with E-state index in [9.17, 15) is 10.1 Å². The molecule has 1 aromatic heterocycles. The molecule has 1 atom stereocenters. The molecule has 1 amide bonds. The van der Waals surface area contributed by atoms with E-state index in [2.05, 4.69) is 40.2 Å². The van der Waals surface area contributed by atoms with Crippen molar-refractivity contribution in [3.63, 3.8) is 0 Å². The third-order valence-corrected chi connectivity index (χ3v) is 5.52. The van der Waals surface area contributed by atoms with Crippen molar-refractivity contribution in [3.8, 4) is 6.07 Å². The highest BCUT2D eigenvalue weighted by Crippen LogP contribution is 2.35. The van der Waals surface area contributed by atoms with Crippen LogP contribution < -0.4 is 4.90 Å². The number of fused-ring (bicyclic) bond motifs is 1. The molecule has 1 aromatic carbocycles. The van der Waals surface area contributed by atoms with Gasteiger partial charge in [-0.05, 0) is 42.0 Å². The van der Waals surface area contributed by atoms with Crippen molar-refractivity contribution in [1.29, 1.82) is 5.26 Å². The molecule has 0 saturated carbocycles. The maximum atomic E-state index is 12.8. The fourth-order valence-corrected chi connectivity index (χ4v) is 4.10. The number of carbonyl (C=O) groups is 1. The van der Waals surface area contributed by atoms with E-state index < -0.39 is 0 Å². The van der Waals surface area contributed by atoms with Crippen LogP contribution in [0.5, 0.6) is 0 Å². The van der Waals surface area contributed by atoms with Gasteiger partial charge >= 0.3 is 0 Å². The highest BCUT2D eigenvalue weighted by molar-refractivity contribution is 5.77. The van der Waals surface area contributed by atoms with Crippen LogP contribution in [-0.4, -0.2) is 42.0 Å². The Morgan fingerprint density at radius 3 is 2.77 bits per heavy atom. The summed E-state index contributed by atoms with van der Waals surface area (Å²) < 4.78 is 0. The van der Waals surface area contributed by atoms with Gasteiger partial charge in [-0.2, -0.15) is 5.26 Å². The zero-order valence-electron chi connectivity index (χ0n) is 14.8. The number of aromatic nitrogens is 1. The molecular formula is C21H22N4O. The average Bonchev–Trinajstić information content (AvgIpc) is 3.11. The highest BCUT2D eigenvalue weighted by Gasteiger charge is 2.28. The van der Waals surface area contributed by atoms with Crippen LogP contribution in [0, 0.1) is 11.3 Å². The first-order chi connectivity index (χ1) is 12.8. The second-order valence-corrected chi connectivity index (χ2v) is 6.99. The molecule has 0 spiro atoms. The van der Waals surface area contributed by atoms with Crippen molar-refractivity contribution < 1.29 is 4.79 Å². The summed E-state index contributed by atoms with van der Waals surface area (Å²) in [6.07, 6.45) is 4.47. The first kappa shape index (κ1) is 16.6. The van der Waals surface area contributed by atoms with Crippen LogP contribution in [0.15, 0.2) is 42.6 Å². The van der Waals surface area contributed by atoms with Gasteiger partial charge in [0.1, 0.15) is 11.9 Å². The fourth-order valence-electron chi connectivity index (χ4n) is 4.10. The largest absolute Gasteiger partial charge is 0.352 e. The zero-order valence-corrected chi connectivity index (χ0v) is 14.8. The maximum absolute atomic E-state index is 12.8. The standard InChI is InChI=1S/C21H22N4O/c22-15-18-5-3-9-23-21(18)25-12-10-24(11-13-25)20(26)14-17-8-7-16-4-1-2-6-19(16)17/h1-6,9,17H,7-8,10-14H2/t17-/m1/s1. The molecule has 1 fully saturated rings. The molecule has 132 valence electrons. The number of nitriles is 1. The lowest BCUT2D eigenvalue weighted by atomic mass is 9.97. The molecule has 0 radical (unpaired) electrons. The highest BCUT2D eigenvalue weighted by atomic mass is 16.2. The van der Waals surface area contributed by atoms with Crippen molar-refractivity contribution >= 4 is 11.7 Å². The maximum Gasteiger partial charge on any atom is 0.223 e. The van der Waals surface area contributed by atoms with Gasteiger partial charge in [0.25, 0.3) is 0 Å². The minimum atomic E-state index is 0.243. The lowest BCUT2D eigenvalue weighted by Gasteiger charge is -2.36. The number of hydrogen-bond donors (Lipinski definition) is 0. The molecule has 0 unspecified atom stereocenters. The monoisotopic (exact) mass is 346 g/mol. The number of anilines is 1. The van der Waals surface area contributed by atoms with Crippen molar-refractivity contribution in [2.75, 3.05) is 31.1 Å². The van der Waals surface area contributed by atoms with Crippen molar-refractivity contribution in [2.24, 2.45) is 0 Å². The second-order valence-electron chi connectivity index (χ2n) is 6.99. The minimum Gasteiger partial charge on any atom is -0.352 e. The third-order valence-electron chi connectivity index (χ3n) is 5.52. The number of aryl methyl sites for hydroxylation is 1. The number of piperazine rings is 1. The van der Waals surface area contributed by atoms with Crippen LogP contribution in [0.2, 0.25) is 0 Å². The number of pyridine rings is 1. The Morgan fingerprint density at radius 2 is 1.96 bits per heavy atom. The van der Waals surface area contributed by atoms with Crippen molar-refractivity contribution in [1.82, 2.24) is 9.88 Å². The topological polar surface area (TPSA) is 60.2 Å². The molecule has 0 bridgehead atoms. The van der Waals surface area contributed by atoms with E-state index in [0.29, 0.717) is 31.0 Å². The van der Waals surface area contributed by atoms with E-state index >= 15 is 0 Å². The van der Waals surface area contributed by atoms with Gasteiger partial charge in [-0.3, -0.25) is 4.79 Å². The average molecular weight is 346 g/mol. The SMILES string of the molecule is N#Cc1cccnc1N1CCN(C(=O)C[C@H]2CCc3ccccc32)CC1. The number of nitrogens with zero attached hydrogens (tertiary/aromatic N) is 4. The second kappa shape index (κ2) is 7.17. The molecule has 2 heterocycles. The van der Waals surface area contributed by atoms with Crippen molar-refractivity contribution in [3.05, 3.63) is 59.3 Å². The Labute approximate surface area is 153 Å². The lowest BCUT2D eigenvalue weighted by molar-refractivity contribution is -0.131. The van der Waals surface area contributed by atoms with Crippen LogP contribution in [0.25, 0.3) is 0 Å². The first-order valence-corrected chi connectivity index (χ1v) is 9.22. The molecule has 5 heteroatoms. The van der Waals surface area contributed by atoms with Gasteiger partial charge in [-0.1, -0.05) is 24.3 Å². The third kappa shape index (κ3) is 3.15. The summed E-state index contributed by atoms with van der Waals surface area (Å²) in [4.78, 5) is 21.2. The predicted octanol–water partition coefficient (Wildman–Crippen LogP) is 2.72. The number of benzene rings is 1. The van der Waals surface area contributed by atoms with Crippen LogP contribution in [0.3, 0.4) is 0 Å². The quantitative estimate of drug-likeness (QED) is 0.857. The van der Waals surface area contributed by atoms with E-state index in [0.717, 1.165) is 31.7 Å². The van der Waals surface area contributed by atoms with E-state index in [1.54, 1.807) is 18.3 Å². The van der Waals surface area contributed by atoms with E-state index in [1.165, 1.54) is 11.1 Å². The summed E-state index contributed by atoms with van der Waals surface area (Å²) in [6, 6.07) is 14.3. The van der Waals surface area contributed by atoms with Gasteiger partial charge in [0.05, 0.1) is 5.56 Å². The van der Waals surface area contributed by atoms with Gasteiger partial charge in [0.2, 0.25) is 5.91 Å². The molecule has 5 nitrogen and oxygen atoms in total. The molecular weight excluding hydrogens is 324 g/mol. The summed E-state index contributed by atoms with van der Waals surface area (Å²) in [5, 5.41) is 9.25. The van der Waals surface area contributed by atoms with Crippen LogP contribution in [-0.2, 0) is 11.2 Å². The van der Waals surface area contributed by atoms with Gasteiger partial charge in [0.15, 0.2) is 0 Å². The summed E-state index contributed by atoms with van der Waals surface area (Å²) >= 11 is 0. The van der Waals surface area contributed by atoms with E-state index in [4.69, 9.17) is 0 Å². The van der Waals surface area contributed by atoms with Crippen LogP contribution in [0.4, 0.5) is 5.82 Å². The van der Waals surface area contributed by atoms with E-state index in [1.807, 2.05) is 4.90 Å². The molecule has 1 aliphatic carbocycles. The van der Waals surface area contributed by atoms with Gasteiger partial charge in [-0.15, -0.1) is 0 Å². The predicted molar refractivity (Wildman–Crippen MR) is 99.9 cm³/mol. The normalized spacial score (nSPS) is 19.1. The molecule has 0 N–H and O–H groups in total. The Kier molecular flexibility index (Phi) is 4.57. The zero-order chi connectivity index (χ0) is 17.9. The number of carbonyl (C=O) groups excluding carboxylic acids is 1.